The lowest BCUT2D eigenvalue weighted by Gasteiger charge is -2.54. The number of nitrogens with zero attached hydrogens (tertiary/aromatic N) is 2. The Labute approximate surface area is 167 Å². The maximum atomic E-state index is 10.8. The Bertz CT molecular complexity index is 468. The standard InChI is InChI=1S/C22H44N2O3/c1-19(2)11-10-12-20(3,4)23(19)15-17(25)16-27-18-13-21(5,6)24(26-9)22(7,8)14-18/h17-18,25H,10-16H2,1-9H3. The number of piperidine rings is 2. The molecule has 2 fully saturated rings. The van der Waals surface area contributed by atoms with Crippen molar-refractivity contribution in [3.05, 3.63) is 0 Å². The van der Waals surface area contributed by atoms with Crippen molar-refractivity contribution in [1.29, 1.82) is 0 Å². The third-order valence-corrected chi connectivity index (χ3v) is 6.69. The predicted octanol–water partition coefficient (Wildman–Crippen LogP) is 3.99. The third kappa shape index (κ3) is 5.24. The zero-order valence-corrected chi connectivity index (χ0v) is 19.3. The smallest absolute Gasteiger partial charge is 0.0900 e. The zero-order valence-electron chi connectivity index (χ0n) is 19.3. The molecule has 0 saturated carbocycles. The first-order valence-corrected chi connectivity index (χ1v) is 10.6. The van der Waals surface area contributed by atoms with Gasteiger partial charge in [-0.3, -0.25) is 4.90 Å². The van der Waals surface area contributed by atoms with E-state index < -0.39 is 6.10 Å². The van der Waals surface area contributed by atoms with Crippen LogP contribution in [-0.4, -0.2) is 69.7 Å². The molecule has 2 heterocycles. The van der Waals surface area contributed by atoms with E-state index in [1.165, 1.54) is 19.3 Å². The van der Waals surface area contributed by atoms with E-state index in [0.29, 0.717) is 13.2 Å². The van der Waals surface area contributed by atoms with E-state index in [1.807, 2.05) is 0 Å². The third-order valence-electron chi connectivity index (χ3n) is 6.69. The van der Waals surface area contributed by atoms with Crippen molar-refractivity contribution < 1.29 is 14.7 Å². The fourth-order valence-corrected chi connectivity index (χ4v) is 5.83. The summed E-state index contributed by atoms with van der Waals surface area (Å²) in [5, 5.41) is 12.8. The van der Waals surface area contributed by atoms with Crippen LogP contribution in [-0.2, 0) is 9.57 Å². The van der Waals surface area contributed by atoms with Gasteiger partial charge in [-0.1, -0.05) is 0 Å². The molecule has 0 spiro atoms. The first-order chi connectivity index (χ1) is 12.2. The Morgan fingerprint density at radius 3 is 1.81 bits per heavy atom. The predicted molar refractivity (Wildman–Crippen MR) is 111 cm³/mol. The minimum atomic E-state index is -0.465. The molecular formula is C22H44N2O3. The average molecular weight is 385 g/mol. The molecule has 0 radical (unpaired) electrons. The van der Waals surface area contributed by atoms with Crippen molar-refractivity contribution in [3.63, 3.8) is 0 Å². The topological polar surface area (TPSA) is 45.2 Å². The summed E-state index contributed by atoms with van der Waals surface area (Å²) in [6.07, 6.45) is 5.09. The van der Waals surface area contributed by atoms with Gasteiger partial charge in [0.25, 0.3) is 0 Å². The molecule has 160 valence electrons. The second kappa shape index (κ2) is 7.91. The van der Waals surface area contributed by atoms with E-state index in [1.54, 1.807) is 7.11 Å². The van der Waals surface area contributed by atoms with Gasteiger partial charge in [-0.2, -0.15) is 5.06 Å². The van der Waals surface area contributed by atoms with Crippen molar-refractivity contribution >= 4 is 0 Å². The number of aliphatic hydroxyl groups excluding tert-OH is 1. The molecule has 2 rings (SSSR count). The lowest BCUT2D eigenvalue weighted by molar-refractivity contribution is -0.281. The lowest BCUT2D eigenvalue weighted by Crippen LogP contribution is -2.62. The van der Waals surface area contributed by atoms with Crippen LogP contribution in [0, 0.1) is 0 Å². The second-order valence-electron chi connectivity index (χ2n) is 11.2. The van der Waals surface area contributed by atoms with Crippen LogP contribution >= 0.6 is 0 Å². The van der Waals surface area contributed by atoms with Gasteiger partial charge >= 0.3 is 0 Å². The largest absolute Gasteiger partial charge is 0.389 e. The molecule has 5 heteroatoms. The van der Waals surface area contributed by atoms with Gasteiger partial charge in [0.2, 0.25) is 0 Å². The Balaban J connectivity index is 1.94. The molecule has 1 N–H and O–H groups in total. The van der Waals surface area contributed by atoms with Crippen LogP contribution in [0.4, 0.5) is 0 Å². The van der Waals surface area contributed by atoms with Gasteiger partial charge in [0, 0.05) is 28.7 Å². The first-order valence-electron chi connectivity index (χ1n) is 10.6. The summed E-state index contributed by atoms with van der Waals surface area (Å²) in [7, 11) is 1.75. The molecular weight excluding hydrogens is 340 g/mol. The maximum absolute atomic E-state index is 10.8. The van der Waals surface area contributed by atoms with Crippen LogP contribution in [0.25, 0.3) is 0 Å². The summed E-state index contributed by atoms with van der Waals surface area (Å²) < 4.78 is 6.23. The quantitative estimate of drug-likeness (QED) is 0.750. The first kappa shape index (κ1) is 23.1. The molecule has 0 amide bonds. The van der Waals surface area contributed by atoms with Gasteiger partial charge < -0.3 is 14.7 Å². The minimum absolute atomic E-state index is 0.0943. The van der Waals surface area contributed by atoms with Crippen molar-refractivity contribution in [2.24, 2.45) is 0 Å². The van der Waals surface area contributed by atoms with Crippen LogP contribution in [0.1, 0.15) is 87.5 Å². The summed E-state index contributed by atoms with van der Waals surface area (Å²) in [5.74, 6) is 0. The van der Waals surface area contributed by atoms with Crippen molar-refractivity contribution in [2.75, 3.05) is 20.3 Å². The number of β-amino-alcohol motifs (C(OH)–C–C–N with tert-alkyl or cyclic N) is 1. The van der Waals surface area contributed by atoms with Gasteiger partial charge in [-0.25, -0.2) is 0 Å². The number of rotatable bonds is 6. The Morgan fingerprint density at radius 1 is 0.889 bits per heavy atom. The normalized spacial score (nSPS) is 29.6. The highest BCUT2D eigenvalue weighted by atomic mass is 16.7. The van der Waals surface area contributed by atoms with Crippen LogP contribution < -0.4 is 0 Å². The van der Waals surface area contributed by atoms with E-state index >= 15 is 0 Å². The molecule has 2 saturated heterocycles. The average Bonchev–Trinajstić information content (AvgIpc) is 2.46. The fourth-order valence-electron chi connectivity index (χ4n) is 5.83. The Kier molecular flexibility index (Phi) is 6.76. The molecule has 0 aliphatic carbocycles. The van der Waals surface area contributed by atoms with Crippen LogP contribution in [0.5, 0.6) is 0 Å². The summed E-state index contributed by atoms with van der Waals surface area (Å²) in [6, 6.07) is 0. The maximum Gasteiger partial charge on any atom is 0.0900 e. The number of hydroxylamine groups is 2. The lowest BCUT2D eigenvalue weighted by atomic mass is 9.79. The molecule has 2 aliphatic rings. The van der Waals surface area contributed by atoms with Crippen LogP contribution in [0.2, 0.25) is 0 Å². The Morgan fingerprint density at radius 2 is 1.37 bits per heavy atom. The molecule has 0 bridgehead atoms. The summed E-state index contributed by atoms with van der Waals surface area (Å²) in [4.78, 5) is 8.15. The van der Waals surface area contributed by atoms with Gasteiger partial charge in [0.05, 0.1) is 25.9 Å². The number of ether oxygens (including phenoxy) is 1. The molecule has 2 aliphatic heterocycles. The monoisotopic (exact) mass is 384 g/mol. The number of aliphatic hydroxyl groups is 1. The van der Waals surface area contributed by atoms with Gasteiger partial charge in [-0.05, 0) is 87.5 Å². The highest BCUT2D eigenvalue weighted by Crippen LogP contribution is 2.40. The highest BCUT2D eigenvalue weighted by molar-refractivity contribution is 4.99. The molecule has 0 aromatic heterocycles. The number of hydrogen-bond donors (Lipinski definition) is 1. The summed E-state index contributed by atoms with van der Waals surface area (Å²) >= 11 is 0. The molecule has 0 aromatic carbocycles. The van der Waals surface area contributed by atoms with E-state index in [-0.39, 0.29) is 28.3 Å². The number of likely N-dealkylation sites (tertiary alicyclic amines) is 1. The van der Waals surface area contributed by atoms with Gasteiger partial charge in [-0.15, -0.1) is 0 Å². The van der Waals surface area contributed by atoms with Crippen molar-refractivity contribution in [1.82, 2.24) is 9.96 Å². The molecule has 0 aromatic rings. The zero-order chi connectivity index (χ0) is 20.7. The van der Waals surface area contributed by atoms with E-state index in [4.69, 9.17) is 9.57 Å². The SMILES string of the molecule is CON1C(C)(C)CC(OCC(O)CN2C(C)(C)CCCC2(C)C)CC1(C)C. The highest BCUT2D eigenvalue weighted by Gasteiger charge is 2.47. The van der Waals surface area contributed by atoms with Gasteiger partial charge in [0.15, 0.2) is 0 Å². The molecule has 1 atom stereocenters. The number of hydrogen-bond acceptors (Lipinski definition) is 5. The van der Waals surface area contributed by atoms with Crippen LogP contribution in [0.3, 0.4) is 0 Å². The molecule has 27 heavy (non-hydrogen) atoms. The van der Waals surface area contributed by atoms with Crippen molar-refractivity contribution in [2.45, 2.75) is 122 Å². The van der Waals surface area contributed by atoms with Crippen molar-refractivity contribution in [3.8, 4) is 0 Å². The van der Waals surface area contributed by atoms with E-state index in [9.17, 15) is 5.11 Å². The van der Waals surface area contributed by atoms with E-state index in [0.717, 1.165) is 12.8 Å². The minimum Gasteiger partial charge on any atom is -0.389 e. The fraction of sp³-hybridized carbons (Fsp3) is 1.00. The summed E-state index contributed by atoms with van der Waals surface area (Å²) in [6.45, 7) is 19.0. The second-order valence-corrected chi connectivity index (χ2v) is 11.2. The van der Waals surface area contributed by atoms with E-state index in [2.05, 4.69) is 65.4 Å². The molecule has 1 unspecified atom stereocenters. The summed E-state index contributed by atoms with van der Waals surface area (Å²) in [5.41, 5.74) is 0.0545. The van der Waals surface area contributed by atoms with Gasteiger partial charge in [0.1, 0.15) is 0 Å². The van der Waals surface area contributed by atoms with Crippen LogP contribution in [0.15, 0.2) is 0 Å². The molecule has 5 nitrogen and oxygen atoms in total. The Hall–Kier alpha value is -0.200.